The molecule has 0 unspecified atom stereocenters. The molecule has 90 valence electrons. The zero-order valence-electron chi connectivity index (χ0n) is 9.97. The van der Waals surface area contributed by atoms with Gasteiger partial charge in [0.15, 0.2) is 0 Å². The van der Waals surface area contributed by atoms with Crippen molar-refractivity contribution < 1.29 is 4.74 Å². The minimum atomic E-state index is 0.454. The van der Waals surface area contributed by atoms with Gasteiger partial charge >= 0.3 is 0 Å². The van der Waals surface area contributed by atoms with E-state index in [2.05, 4.69) is 11.4 Å². The first-order chi connectivity index (χ1) is 8.74. The van der Waals surface area contributed by atoms with Crippen LogP contribution in [0.15, 0.2) is 42.5 Å². The molecule has 0 amide bonds. The second-order valence-corrected chi connectivity index (χ2v) is 3.74. The number of hydrogen-bond donors (Lipinski definition) is 2. The highest BCUT2D eigenvalue weighted by molar-refractivity contribution is 5.70. The number of nitrogens with two attached hydrogens (primary N) is 1. The normalized spacial score (nSPS) is 9.56. The molecule has 0 atom stereocenters. The highest BCUT2D eigenvalue weighted by Gasteiger charge is 2.04. The Hall–Kier alpha value is -2.67. The van der Waals surface area contributed by atoms with Gasteiger partial charge in [-0.2, -0.15) is 5.26 Å². The Morgan fingerprint density at radius 2 is 2.00 bits per heavy atom. The molecule has 0 aliphatic rings. The van der Waals surface area contributed by atoms with Crippen LogP contribution in [-0.4, -0.2) is 7.11 Å². The van der Waals surface area contributed by atoms with Crippen LogP contribution in [0.3, 0.4) is 0 Å². The molecule has 4 heteroatoms. The molecule has 2 rings (SSSR count). The van der Waals surface area contributed by atoms with Gasteiger partial charge in [0.05, 0.1) is 18.4 Å². The number of benzene rings is 2. The fraction of sp³-hybridized carbons (Fsp3) is 0.0714. The molecule has 2 aromatic carbocycles. The van der Waals surface area contributed by atoms with E-state index in [4.69, 9.17) is 15.7 Å². The molecule has 0 radical (unpaired) electrons. The molecule has 0 spiro atoms. The van der Waals surface area contributed by atoms with Crippen molar-refractivity contribution in [3.63, 3.8) is 0 Å². The van der Waals surface area contributed by atoms with Gasteiger partial charge in [-0.25, -0.2) is 0 Å². The number of nitriles is 1. The number of ether oxygens (including phenoxy) is 1. The van der Waals surface area contributed by atoms with E-state index in [9.17, 15) is 0 Å². The lowest BCUT2D eigenvalue weighted by molar-refractivity contribution is 0.417. The average Bonchev–Trinajstić information content (AvgIpc) is 2.41. The van der Waals surface area contributed by atoms with Gasteiger partial charge in [-0.05, 0) is 30.3 Å². The standard InChI is InChI=1S/C14H13N3O/c1-18-14-5-3-2-4-13(14)17-11-6-7-12(16)10(8-11)9-15/h2-8,17H,16H2,1H3. The summed E-state index contributed by atoms with van der Waals surface area (Å²) in [6.45, 7) is 0. The van der Waals surface area contributed by atoms with Gasteiger partial charge in [0.1, 0.15) is 11.8 Å². The number of nitrogens with one attached hydrogen (secondary N) is 1. The first kappa shape index (κ1) is 11.8. The van der Waals surface area contributed by atoms with E-state index in [0.29, 0.717) is 11.3 Å². The Morgan fingerprint density at radius 1 is 1.22 bits per heavy atom. The molecule has 0 heterocycles. The van der Waals surface area contributed by atoms with Crippen molar-refractivity contribution >= 4 is 17.1 Å². The average molecular weight is 239 g/mol. The zero-order chi connectivity index (χ0) is 13.0. The predicted molar refractivity (Wildman–Crippen MR) is 71.8 cm³/mol. The van der Waals surface area contributed by atoms with Crippen molar-refractivity contribution in [2.24, 2.45) is 0 Å². The molecule has 2 aromatic rings. The van der Waals surface area contributed by atoms with Gasteiger partial charge in [-0.3, -0.25) is 0 Å². The molecule has 0 saturated heterocycles. The van der Waals surface area contributed by atoms with Crippen LogP contribution < -0.4 is 15.8 Å². The van der Waals surface area contributed by atoms with E-state index < -0.39 is 0 Å². The molecule has 3 N–H and O–H groups in total. The second-order valence-electron chi connectivity index (χ2n) is 3.74. The number of rotatable bonds is 3. The van der Waals surface area contributed by atoms with Crippen LogP contribution in [0.25, 0.3) is 0 Å². The summed E-state index contributed by atoms with van der Waals surface area (Å²) in [7, 11) is 1.62. The van der Waals surface area contributed by atoms with Crippen LogP contribution in [0, 0.1) is 11.3 Å². The van der Waals surface area contributed by atoms with Crippen molar-refractivity contribution in [2.75, 3.05) is 18.2 Å². The quantitative estimate of drug-likeness (QED) is 0.808. The molecule has 0 bridgehead atoms. The van der Waals surface area contributed by atoms with Gasteiger partial charge in [0.2, 0.25) is 0 Å². The van der Waals surface area contributed by atoms with Crippen LogP contribution in [-0.2, 0) is 0 Å². The molecule has 0 fully saturated rings. The van der Waals surface area contributed by atoms with Gasteiger partial charge in [-0.1, -0.05) is 12.1 Å². The Bertz CT molecular complexity index is 602. The van der Waals surface area contributed by atoms with Crippen molar-refractivity contribution in [3.05, 3.63) is 48.0 Å². The van der Waals surface area contributed by atoms with Crippen LogP contribution in [0.1, 0.15) is 5.56 Å². The maximum Gasteiger partial charge on any atom is 0.142 e. The van der Waals surface area contributed by atoms with Gasteiger partial charge in [0, 0.05) is 11.4 Å². The summed E-state index contributed by atoms with van der Waals surface area (Å²) < 4.78 is 5.25. The van der Waals surface area contributed by atoms with Gasteiger partial charge in [0.25, 0.3) is 0 Å². The van der Waals surface area contributed by atoms with E-state index in [1.807, 2.05) is 30.3 Å². The molecule has 0 saturated carbocycles. The van der Waals surface area contributed by atoms with E-state index >= 15 is 0 Å². The summed E-state index contributed by atoms with van der Waals surface area (Å²) in [5.41, 5.74) is 8.24. The molecule has 4 nitrogen and oxygen atoms in total. The predicted octanol–water partition coefficient (Wildman–Crippen LogP) is 2.89. The van der Waals surface area contributed by atoms with E-state index in [-0.39, 0.29) is 0 Å². The molecule has 0 aliphatic heterocycles. The Morgan fingerprint density at radius 3 is 2.72 bits per heavy atom. The SMILES string of the molecule is COc1ccccc1Nc1ccc(N)c(C#N)c1. The van der Waals surface area contributed by atoms with E-state index in [1.165, 1.54) is 0 Å². The number of nitrogen functional groups attached to an aromatic ring is 1. The fourth-order valence-corrected chi connectivity index (χ4v) is 1.63. The molecule has 0 aliphatic carbocycles. The topological polar surface area (TPSA) is 71.1 Å². The summed E-state index contributed by atoms with van der Waals surface area (Å²) in [5, 5.41) is 12.1. The molecular formula is C14H13N3O. The van der Waals surface area contributed by atoms with Crippen LogP contribution in [0.5, 0.6) is 5.75 Å². The van der Waals surface area contributed by atoms with E-state index in [1.54, 1.807) is 19.2 Å². The monoisotopic (exact) mass is 239 g/mol. The number of nitrogens with zero attached hydrogens (tertiary/aromatic N) is 1. The summed E-state index contributed by atoms with van der Waals surface area (Å²) in [4.78, 5) is 0. The smallest absolute Gasteiger partial charge is 0.142 e. The number of methoxy groups -OCH3 is 1. The summed E-state index contributed by atoms with van der Waals surface area (Å²) in [6.07, 6.45) is 0. The summed E-state index contributed by atoms with van der Waals surface area (Å²) in [5.74, 6) is 0.743. The maximum absolute atomic E-state index is 8.93. The highest BCUT2D eigenvalue weighted by Crippen LogP contribution is 2.28. The maximum atomic E-state index is 8.93. The third-order valence-corrected chi connectivity index (χ3v) is 2.56. The highest BCUT2D eigenvalue weighted by atomic mass is 16.5. The fourth-order valence-electron chi connectivity index (χ4n) is 1.63. The second kappa shape index (κ2) is 5.11. The van der Waals surface area contributed by atoms with Crippen LogP contribution in [0.2, 0.25) is 0 Å². The molecule has 18 heavy (non-hydrogen) atoms. The minimum Gasteiger partial charge on any atom is -0.495 e. The zero-order valence-corrected chi connectivity index (χ0v) is 9.97. The third-order valence-electron chi connectivity index (χ3n) is 2.56. The lowest BCUT2D eigenvalue weighted by atomic mass is 10.1. The van der Waals surface area contributed by atoms with Gasteiger partial charge in [-0.15, -0.1) is 0 Å². The van der Waals surface area contributed by atoms with Crippen molar-refractivity contribution in [2.45, 2.75) is 0 Å². The number of hydrogen-bond acceptors (Lipinski definition) is 4. The van der Waals surface area contributed by atoms with Crippen molar-refractivity contribution in [1.29, 1.82) is 5.26 Å². The van der Waals surface area contributed by atoms with Crippen LogP contribution >= 0.6 is 0 Å². The Labute approximate surface area is 106 Å². The number of anilines is 3. The Kier molecular flexibility index (Phi) is 3.35. The van der Waals surface area contributed by atoms with Gasteiger partial charge < -0.3 is 15.8 Å². The lowest BCUT2D eigenvalue weighted by Crippen LogP contribution is -1.96. The molecule has 0 aromatic heterocycles. The minimum absolute atomic E-state index is 0.454. The Balaban J connectivity index is 2.32. The summed E-state index contributed by atoms with van der Waals surface area (Å²) >= 11 is 0. The number of para-hydroxylation sites is 2. The van der Waals surface area contributed by atoms with E-state index in [0.717, 1.165) is 17.1 Å². The molecular weight excluding hydrogens is 226 g/mol. The largest absolute Gasteiger partial charge is 0.495 e. The van der Waals surface area contributed by atoms with Crippen molar-refractivity contribution in [3.8, 4) is 11.8 Å². The van der Waals surface area contributed by atoms with Crippen molar-refractivity contribution in [1.82, 2.24) is 0 Å². The third kappa shape index (κ3) is 2.36. The first-order valence-corrected chi connectivity index (χ1v) is 5.44. The first-order valence-electron chi connectivity index (χ1n) is 5.44. The summed E-state index contributed by atoms with van der Waals surface area (Å²) in [6, 6.07) is 14.9. The lowest BCUT2D eigenvalue weighted by Gasteiger charge is -2.11. The van der Waals surface area contributed by atoms with Crippen LogP contribution in [0.4, 0.5) is 17.1 Å².